The van der Waals surface area contributed by atoms with E-state index in [1.807, 2.05) is 12.2 Å². The highest BCUT2D eigenvalue weighted by atomic mass is 16.7. The lowest BCUT2D eigenvalue weighted by Gasteiger charge is -2.17. The Morgan fingerprint density at radius 2 is 1.38 bits per heavy atom. The van der Waals surface area contributed by atoms with Crippen molar-refractivity contribution in [3.63, 3.8) is 0 Å². The fraction of sp³-hybridized carbons (Fsp3) is 0.400. The Morgan fingerprint density at radius 1 is 1.00 bits per heavy atom. The summed E-state index contributed by atoms with van der Waals surface area (Å²) in [5, 5.41) is 0. The van der Waals surface area contributed by atoms with Crippen LogP contribution in [0.1, 0.15) is 26.7 Å². The standard InChI is InChI=1S/C10H14N2O4/c1-7(13)15-11-9-5-3-4-6-10(9)12-16-8(2)14/h5-6,11-12H,3-4H2,1-2H3. The van der Waals surface area contributed by atoms with Crippen molar-refractivity contribution in [1.82, 2.24) is 11.0 Å². The topological polar surface area (TPSA) is 76.7 Å². The van der Waals surface area contributed by atoms with Gasteiger partial charge in [-0.25, -0.2) is 11.0 Å². The fourth-order valence-electron chi connectivity index (χ4n) is 1.12. The van der Waals surface area contributed by atoms with Crippen LogP contribution in [-0.2, 0) is 19.3 Å². The van der Waals surface area contributed by atoms with Crippen LogP contribution < -0.4 is 11.0 Å². The van der Waals surface area contributed by atoms with Gasteiger partial charge in [0.25, 0.3) is 0 Å². The lowest BCUT2D eigenvalue weighted by Crippen LogP contribution is -2.27. The summed E-state index contributed by atoms with van der Waals surface area (Å²) in [6.07, 6.45) is 5.34. The second-order valence-corrected chi connectivity index (χ2v) is 3.20. The molecule has 0 heterocycles. The maximum Gasteiger partial charge on any atom is 0.329 e. The van der Waals surface area contributed by atoms with Gasteiger partial charge in [-0.3, -0.25) is 9.59 Å². The van der Waals surface area contributed by atoms with Crippen LogP contribution in [0.4, 0.5) is 0 Å². The predicted molar refractivity (Wildman–Crippen MR) is 55.2 cm³/mol. The molecule has 6 nitrogen and oxygen atoms in total. The number of carbonyl (C=O) groups excluding carboxylic acids is 2. The van der Waals surface area contributed by atoms with E-state index >= 15 is 0 Å². The van der Waals surface area contributed by atoms with Gasteiger partial charge in [0.15, 0.2) is 0 Å². The summed E-state index contributed by atoms with van der Waals surface area (Å²) >= 11 is 0. The van der Waals surface area contributed by atoms with Crippen molar-refractivity contribution in [2.24, 2.45) is 0 Å². The predicted octanol–water partition coefficient (Wildman–Crippen LogP) is 0.683. The molecule has 0 radical (unpaired) electrons. The lowest BCUT2D eigenvalue weighted by molar-refractivity contribution is -0.149. The molecule has 6 heteroatoms. The van der Waals surface area contributed by atoms with Crippen molar-refractivity contribution in [2.75, 3.05) is 0 Å². The van der Waals surface area contributed by atoms with Gasteiger partial charge in [-0.05, 0) is 12.8 Å². The van der Waals surface area contributed by atoms with E-state index in [9.17, 15) is 9.59 Å². The first kappa shape index (κ1) is 12.1. The van der Waals surface area contributed by atoms with E-state index in [-0.39, 0.29) is 0 Å². The van der Waals surface area contributed by atoms with Crippen LogP contribution >= 0.6 is 0 Å². The van der Waals surface area contributed by atoms with Gasteiger partial charge in [0.2, 0.25) is 0 Å². The van der Waals surface area contributed by atoms with Gasteiger partial charge in [0, 0.05) is 13.8 Å². The molecule has 0 aromatic carbocycles. The van der Waals surface area contributed by atoms with Crippen LogP contribution in [0.2, 0.25) is 0 Å². The number of rotatable bonds is 4. The average molecular weight is 226 g/mol. The molecule has 1 aliphatic carbocycles. The maximum atomic E-state index is 10.6. The van der Waals surface area contributed by atoms with Crippen molar-refractivity contribution in [3.05, 3.63) is 23.5 Å². The minimum atomic E-state index is -0.446. The Hall–Kier alpha value is -1.98. The second-order valence-electron chi connectivity index (χ2n) is 3.20. The summed E-state index contributed by atoms with van der Waals surface area (Å²) in [7, 11) is 0. The van der Waals surface area contributed by atoms with E-state index in [1.165, 1.54) is 13.8 Å². The molecule has 0 unspecified atom stereocenters. The summed E-state index contributed by atoms with van der Waals surface area (Å²) in [4.78, 5) is 30.5. The zero-order chi connectivity index (χ0) is 12.0. The fourth-order valence-corrected chi connectivity index (χ4v) is 1.12. The third-order valence-electron chi connectivity index (χ3n) is 1.76. The number of carbonyl (C=O) groups is 2. The molecule has 0 fully saturated rings. The van der Waals surface area contributed by atoms with Crippen LogP contribution in [0.3, 0.4) is 0 Å². The second kappa shape index (κ2) is 5.79. The van der Waals surface area contributed by atoms with Gasteiger partial charge in [0.1, 0.15) is 0 Å². The zero-order valence-corrected chi connectivity index (χ0v) is 9.20. The molecular formula is C10H14N2O4. The quantitative estimate of drug-likeness (QED) is 0.686. The Labute approximate surface area is 93.2 Å². The van der Waals surface area contributed by atoms with Crippen molar-refractivity contribution in [2.45, 2.75) is 26.7 Å². The van der Waals surface area contributed by atoms with Crippen LogP contribution in [0.5, 0.6) is 0 Å². The molecule has 1 rings (SSSR count). The first-order valence-electron chi connectivity index (χ1n) is 4.87. The molecule has 0 saturated carbocycles. The molecule has 0 aromatic rings. The lowest BCUT2D eigenvalue weighted by atomic mass is 10.1. The molecule has 0 atom stereocenters. The van der Waals surface area contributed by atoms with Crippen molar-refractivity contribution in [1.29, 1.82) is 0 Å². The summed E-state index contributed by atoms with van der Waals surface area (Å²) < 4.78 is 0. The number of allylic oxidation sites excluding steroid dienone is 2. The van der Waals surface area contributed by atoms with E-state index in [0.717, 1.165) is 12.8 Å². The monoisotopic (exact) mass is 226 g/mol. The van der Waals surface area contributed by atoms with Crippen molar-refractivity contribution in [3.8, 4) is 0 Å². The first-order chi connectivity index (χ1) is 7.59. The Bertz CT molecular complexity index is 313. The number of hydroxylamine groups is 2. The first-order valence-corrected chi connectivity index (χ1v) is 4.87. The van der Waals surface area contributed by atoms with E-state index in [1.54, 1.807) is 0 Å². The van der Waals surface area contributed by atoms with Crippen molar-refractivity contribution >= 4 is 11.9 Å². The molecule has 2 N–H and O–H groups in total. The number of hydrogen-bond donors (Lipinski definition) is 2. The van der Waals surface area contributed by atoms with E-state index in [4.69, 9.17) is 0 Å². The molecule has 88 valence electrons. The highest BCUT2D eigenvalue weighted by Crippen LogP contribution is 2.14. The number of hydrogen-bond acceptors (Lipinski definition) is 6. The average Bonchev–Trinajstić information content (AvgIpc) is 2.24. The Balaban J connectivity index is 2.52. The zero-order valence-electron chi connectivity index (χ0n) is 9.20. The summed E-state index contributed by atoms with van der Waals surface area (Å²) in [6, 6.07) is 0. The van der Waals surface area contributed by atoms with E-state index in [0.29, 0.717) is 11.4 Å². The van der Waals surface area contributed by atoms with Gasteiger partial charge in [-0.15, -0.1) is 0 Å². The van der Waals surface area contributed by atoms with E-state index < -0.39 is 11.9 Å². The van der Waals surface area contributed by atoms with Crippen LogP contribution in [0.15, 0.2) is 23.5 Å². The minimum absolute atomic E-state index is 0.446. The Kier molecular flexibility index (Phi) is 4.38. The largest absolute Gasteiger partial charge is 0.344 e. The van der Waals surface area contributed by atoms with Gasteiger partial charge < -0.3 is 9.68 Å². The van der Waals surface area contributed by atoms with Crippen LogP contribution in [0.25, 0.3) is 0 Å². The van der Waals surface area contributed by atoms with Crippen LogP contribution in [0, 0.1) is 0 Å². The third-order valence-corrected chi connectivity index (χ3v) is 1.76. The van der Waals surface area contributed by atoms with E-state index in [2.05, 4.69) is 20.6 Å². The minimum Gasteiger partial charge on any atom is -0.344 e. The molecule has 16 heavy (non-hydrogen) atoms. The maximum absolute atomic E-state index is 10.6. The van der Waals surface area contributed by atoms with Gasteiger partial charge in [0.05, 0.1) is 11.4 Å². The summed E-state index contributed by atoms with van der Waals surface area (Å²) in [6.45, 7) is 2.58. The summed E-state index contributed by atoms with van der Waals surface area (Å²) in [5.41, 5.74) is 6.11. The summed E-state index contributed by atoms with van der Waals surface area (Å²) in [5.74, 6) is -0.892. The number of nitrogens with one attached hydrogen (secondary N) is 2. The highest BCUT2D eigenvalue weighted by molar-refractivity contribution is 5.66. The molecule has 0 amide bonds. The molecule has 1 aliphatic rings. The van der Waals surface area contributed by atoms with Gasteiger partial charge >= 0.3 is 11.9 Å². The Morgan fingerprint density at radius 3 is 1.69 bits per heavy atom. The normalized spacial score (nSPS) is 14.4. The van der Waals surface area contributed by atoms with Gasteiger partial charge in [-0.2, -0.15) is 0 Å². The molecule has 0 aromatic heterocycles. The highest BCUT2D eigenvalue weighted by Gasteiger charge is 2.11. The molecular weight excluding hydrogens is 212 g/mol. The molecule has 0 saturated heterocycles. The SMILES string of the molecule is CC(=O)ONC1=CCCC=C1NOC(C)=O. The van der Waals surface area contributed by atoms with Crippen molar-refractivity contribution < 1.29 is 19.3 Å². The smallest absolute Gasteiger partial charge is 0.329 e. The third kappa shape index (κ3) is 4.04. The molecule has 0 bridgehead atoms. The van der Waals surface area contributed by atoms with Gasteiger partial charge in [-0.1, -0.05) is 12.2 Å². The van der Waals surface area contributed by atoms with Crippen LogP contribution in [-0.4, -0.2) is 11.9 Å². The molecule has 0 spiro atoms. The molecule has 0 aliphatic heterocycles.